The minimum atomic E-state index is 0.507. The maximum atomic E-state index is 5.76. The van der Waals surface area contributed by atoms with Gasteiger partial charge < -0.3 is 4.90 Å². The Morgan fingerprint density at radius 2 is 2.31 bits per heavy atom. The molecule has 0 aromatic carbocycles. The van der Waals surface area contributed by atoms with Crippen LogP contribution in [0.5, 0.6) is 0 Å². The highest BCUT2D eigenvalue weighted by Crippen LogP contribution is 2.30. The summed E-state index contributed by atoms with van der Waals surface area (Å²) in [4.78, 5) is 10.1. The van der Waals surface area contributed by atoms with Crippen molar-refractivity contribution in [2.45, 2.75) is 12.8 Å². The molecule has 0 unspecified atom stereocenters. The second-order valence-corrected chi connectivity index (χ2v) is 3.91. The maximum Gasteiger partial charge on any atom is 0.134 e. The normalized spacial score (nSPS) is 15.8. The van der Waals surface area contributed by atoms with Gasteiger partial charge in [0.25, 0.3) is 0 Å². The van der Waals surface area contributed by atoms with Gasteiger partial charge in [0.05, 0.1) is 0 Å². The Bertz CT molecular complexity index is 299. The van der Waals surface area contributed by atoms with Crippen molar-refractivity contribution in [2.75, 3.05) is 18.5 Å². The van der Waals surface area contributed by atoms with Crippen LogP contribution in [0, 0.1) is 5.92 Å². The van der Waals surface area contributed by atoms with E-state index in [1.807, 2.05) is 7.05 Å². The largest absolute Gasteiger partial charge is 0.359 e. The number of anilines is 1. The van der Waals surface area contributed by atoms with Gasteiger partial charge in [-0.2, -0.15) is 0 Å². The summed E-state index contributed by atoms with van der Waals surface area (Å²) in [5.74, 6) is 1.77. The SMILES string of the molecule is CN(CC1CC1)c1cc(Cl)ncn1. The van der Waals surface area contributed by atoms with Gasteiger partial charge in [0, 0.05) is 19.7 Å². The smallest absolute Gasteiger partial charge is 0.134 e. The molecule has 0 radical (unpaired) electrons. The molecule has 3 nitrogen and oxygen atoms in total. The molecule has 0 N–H and O–H groups in total. The Balaban J connectivity index is 2.04. The first-order valence-electron chi connectivity index (χ1n) is 4.44. The quantitative estimate of drug-likeness (QED) is 0.694. The summed E-state index contributed by atoms with van der Waals surface area (Å²) in [5, 5.41) is 0.507. The first kappa shape index (κ1) is 8.75. The molecule has 1 aliphatic carbocycles. The van der Waals surface area contributed by atoms with Crippen LogP contribution in [0.1, 0.15) is 12.8 Å². The van der Waals surface area contributed by atoms with E-state index < -0.39 is 0 Å². The van der Waals surface area contributed by atoms with Crippen molar-refractivity contribution >= 4 is 17.4 Å². The molecule has 13 heavy (non-hydrogen) atoms. The van der Waals surface area contributed by atoms with Crippen LogP contribution in [-0.2, 0) is 0 Å². The fourth-order valence-corrected chi connectivity index (χ4v) is 1.46. The zero-order chi connectivity index (χ0) is 9.26. The van der Waals surface area contributed by atoms with Crippen molar-refractivity contribution in [2.24, 2.45) is 5.92 Å². The van der Waals surface area contributed by atoms with Crippen molar-refractivity contribution in [3.05, 3.63) is 17.5 Å². The van der Waals surface area contributed by atoms with E-state index in [9.17, 15) is 0 Å². The fraction of sp³-hybridized carbons (Fsp3) is 0.556. The van der Waals surface area contributed by atoms with Crippen LogP contribution in [0.2, 0.25) is 5.15 Å². The Hall–Kier alpha value is -0.830. The highest BCUT2D eigenvalue weighted by atomic mass is 35.5. The number of rotatable bonds is 3. The molecule has 4 heteroatoms. The molecule has 1 aromatic rings. The molecule has 2 rings (SSSR count). The Labute approximate surface area is 82.8 Å². The second-order valence-electron chi connectivity index (χ2n) is 3.52. The number of aromatic nitrogens is 2. The van der Waals surface area contributed by atoms with E-state index in [1.54, 1.807) is 6.07 Å². The molecular formula is C9H12ClN3. The van der Waals surface area contributed by atoms with Gasteiger partial charge in [0.1, 0.15) is 17.3 Å². The molecule has 70 valence electrons. The monoisotopic (exact) mass is 197 g/mol. The molecule has 0 aliphatic heterocycles. The van der Waals surface area contributed by atoms with E-state index in [2.05, 4.69) is 14.9 Å². The summed E-state index contributed by atoms with van der Waals surface area (Å²) < 4.78 is 0. The van der Waals surface area contributed by atoms with Gasteiger partial charge in [0.2, 0.25) is 0 Å². The van der Waals surface area contributed by atoms with Gasteiger partial charge in [0.15, 0.2) is 0 Å². The topological polar surface area (TPSA) is 29.0 Å². The van der Waals surface area contributed by atoms with Crippen molar-refractivity contribution in [3.63, 3.8) is 0 Å². The number of halogens is 1. The lowest BCUT2D eigenvalue weighted by molar-refractivity contribution is 0.775. The molecule has 1 aromatic heterocycles. The highest BCUT2D eigenvalue weighted by Gasteiger charge is 2.23. The average Bonchev–Trinajstić information content (AvgIpc) is 2.88. The molecule has 0 saturated heterocycles. The molecular weight excluding hydrogens is 186 g/mol. The Morgan fingerprint density at radius 3 is 2.92 bits per heavy atom. The van der Waals surface area contributed by atoms with Crippen LogP contribution in [0.4, 0.5) is 5.82 Å². The number of hydrogen-bond donors (Lipinski definition) is 0. The Morgan fingerprint density at radius 1 is 1.54 bits per heavy atom. The molecule has 0 amide bonds. The molecule has 1 fully saturated rings. The van der Waals surface area contributed by atoms with Gasteiger partial charge in [-0.15, -0.1) is 0 Å². The van der Waals surface area contributed by atoms with Crippen molar-refractivity contribution in [1.82, 2.24) is 9.97 Å². The van der Waals surface area contributed by atoms with E-state index in [4.69, 9.17) is 11.6 Å². The lowest BCUT2D eigenvalue weighted by Crippen LogP contribution is -2.20. The van der Waals surface area contributed by atoms with Crippen LogP contribution >= 0.6 is 11.6 Å². The van der Waals surface area contributed by atoms with Gasteiger partial charge in [-0.1, -0.05) is 11.6 Å². The van der Waals surface area contributed by atoms with Crippen molar-refractivity contribution in [3.8, 4) is 0 Å². The third-order valence-electron chi connectivity index (χ3n) is 2.24. The molecule has 1 saturated carbocycles. The van der Waals surface area contributed by atoms with E-state index in [1.165, 1.54) is 19.2 Å². The lowest BCUT2D eigenvalue weighted by atomic mass is 10.4. The van der Waals surface area contributed by atoms with Gasteiger partial charge >= 0.3 is 0 Å². The molecule has 1 aliphatic rings. The van der Waals surface area contributed by atoms with Crippen molar-refractivity contribution in [1.29, 1.82) is 0 Å². The third-order valence-corrected chi connectivity index (χ3v) is 2.45. The maximum absolute atomic E-state index is 5.76. The summed E-state index contributed by atoms with van der Waals surface area (Å²) in [5.41, 5.74) is 0. The van der Waals surface area contributed by atoms with Crippen LogP contribution in [0.25, 0.3) is 0 Å². The molecule has 0 spiro atoms. The predicted molar refractivity (Wildman–Crippen MR) is 53.0 cm³/mol. The summed E-state index contributed by atoms with van der Waals surface area (Å²) in [6.07, 6.45) is 4.20. The van der Waals surface area contributed by atoms with Crippen LogP contribution < -0.4 is 4.90 Å². The van der Waals surface area contributed by atoms with Crippen LogP contribution in [0.15, 0.2) is 12.4 Å². The predicted octanol–water partition coefficient (Wildman–Crippen LogP) is 1.98. The Kier molecular flexibility index (Phi) is 2.36. The van der Waals surface area contributed by atoms with Gasteiger partial charge in [-0.3, -0.25) is 0 Å². The lowest BCUT2D eigenvalue weighted by Gasteiger charge is -2.17. The first-order valence-corrected chi connectivity index (χ1v) is 4.82. The van der Waals surface area contributed by atoms with Gasteiger partial charge in [-0.05, 0) is 18.8 Å². The molecule has 0 bridgehead atoms. The first-order chi connectivity index (χ1) is 6.25. The summed E-state index contributed by atoms with van der Waals surface area (Å²) in [7, 11) is 2.04. The third kappa shape index (κ3) is 2.31. The van der Waals surface area contributed by atoms with Gasteiger partial charge in [-0.25, -0.2) is 9.97 Å². The number of nitrogens with zero attached hydrogens (tertiary/aromatic N) is 3. The fourth-order valence-electron chi connectivity index (χ4n) is 1.31. The summed E-state index contributed by atoms with van der Waals surface area (Å²) in [6.45, 7) is 1.08. The summed E-state index contributed by atoms with van der Waals surface area (Å²) >= 11 is 5.76. The van der Waals surface area contributed by atoms with E-state index in [0.717, 1.165) is 18.3 Å². The van der Waals surface area contributed by atoms with Crippen LogP contribution in [0.3, 0.4) is 0 Å². The summed E-state index contributed by atoms with van der Waals surface area (Å²) in [6, 6.07) is 1.80. The number of hydrogen-bond acceptors (Lipinski definition) is 3. The highest BCUT2D eigenvalue weighted by molar-refractivity contribution is 6.29. The molecule has 1 heterocycles. The van der Waals surface area contributed by atoms with E-state index >= 15 is 0 Å². The van der Waals surface area contributed by atoms with Crippen molar-refractivity contribution < 1.29 is 0 Å². The van der Waals surface area contributed by atoms with Crippen LogP contribution in [-0.4, -0.2) is 23.6 Å². The second kappa shape index (κ2) is 3.50. The minimum Gasteiger partial charge on any atom is -0.359 e. The average molecular weight is 198 g/mol. The standard InChI is InChI=1S/C9H12ClN3/c1-13(5-7-2-3-7)9-4-8(10)11-6-12-9/h4,6-7H,2-3,5H2,1H3. The zero-order valence-electron chi connectivity index (χ0n) is 7.57. The minimum absolute atomic E-state index is 0.507. The van der Waals surface area contributed by atoms with E-state index in [-0.39, 0.29) is 0 Å². The van der Waals surface area contributed by atoms with E-state index in [0.29, 0.717) is 5.15 Å². The molecule has 0 atom stereocenters. The zero-order valence-corrected chi connectivity index (χ0v) is 8.33.